The summed E-state index contributed by atoms with van der Waals surface area (Å²) in [4.78, 5) is 2.41. The summed E-state index contributed by atoms with van der Waals surface area (Å²) in [5.74, 6) is 0.697. The van der Waals surface area contributed by atoms with Gasteiger partial charge in [-0.3, -0.25) is 0 Å². The van der Waals surface area contributed by atoms with Crippen LogP contribution in [0.15, 0.2) is 24.3 Å². The summed E-state index contributed by atoms with van der Waals surface area (Å²) in [6, 6.07) is 9.04. The lowest BCUT2D eigenvalue weighted by Gasteiger charge is -2.49. The zero-order valence-electron chi connectivity index (χ0n) is 12.5. The average molecular weight is 293 g/mol. The monoisotopic (exact) mass is 292 g/mol. The topological polar surface area (TPSA) is 15.3 Å². The summed E-state index contributed by atoms with van der Waals surface area (Å²) in [6.45, 7) is 1.15. The fourth-order valence-corrected chi connectivity index (χ4v) is 3.72. The third-order valence-corrected chi connectivity index (χ3v) is 5.65. The molecule has 110 valence electrons. The Morgan fingerprint density at radius 2 is 2.05 bits per heavy atom. The molecule has 2 fully saturated rings. The first-order chi connectivity index (χ1) is 9.59. The van der Waals surface area contributed by atoms with Crippen molar-refractivity contribution in [2.75, 3.05) is 20.6 Å². The Kier molecular flexibility index (Phi) is 4.07. The molecule has 2 aliphatic carbocycles. The van der Waals surface area contributed by atoms with Crippen molar-refractivity contribution in [2.24, 2.45) is 0 Å². The largest absolute Gasteiger partial charge is 0.312 e. The van der Waals surface area contributed by atoms with Gasteiger partial charge in [0, 0.05) is 23.1 Å². The molecule has 2 aliphatic rings. The predicted octanol–water partition coefficient (Wildman–Crippen LogP) is 3.66. The van der Waals surface area contributed by atoms with E-state index in [0.717, 1.165) is 11.6 Å². The Morgan fingerprint density at radius 3 is 2.60 bits per heavy atom. The van der Waals surface area contributed by atoms with E-state index < -0.39 is 0 Å². The summed E-state index contributed by atoms with van der Waals surface area (Å²) in [6.07, 6.45) is 6.58. The second kappa shape index (κ2) is 5.67. The van der Waals surface area contributed by atoms with E-state index in [0.29, 0.717) is 17.5 Å². The molecule has 0 bridgehead atoms. The molecule has 0 aromatic heterocycles. The Balaban J connectivity index is 1.47. The number of nitrogens with zero attached hydrogens (tertiary/aromatic N) is 1. The van der Waals surface area contributed by atoms with Gasteiger partial charge in [0.15, 0.2) is 0 Å². The maximum atomic E-state index is 6.07. The van der Waals surface area contributed by atoms with Crippen molar-refractivity contribution in [3.05, 3.63) is 34.9 Å². The lowest BCUT2D eigenvalue weighted by molar-refractivity contribution is 0.0524. The van der Waals surface area contributed by atoms with Crippen LogP contribution in [0.4, 0.5) is 0 Å². The number of benzene rings is 1. The summed E-state index contributed by atoms with van der Waals surface area (Å²) >= 11 is 6.07. The van der Waals surface area contributed by atoms with E-state index in [2.05, 4.69) is 42.5 Å². The molecular weight excluding hydrogens is 268 g/mol. The van der Waals surface area contributed by atoms with Crippen LogP contribution in [0.3, 0.4) is 0 Å². The van der Waals surface area contributed by atoms with E-state index in [4.69, 9.17) is 11.6 Å². The Bertz CT molecular complexity index is 462. The predicted molar refractivity (Wildman–Crippen MR) is 85.5 cm³/mol. The quantitative estimate of drug-likeness (QED) is 0.891. The zero-order chi connectivity index (χ0) is 14.2. The Morgan fingerprint density at radius 1 is 1.30 bits per heavy atom. The van der Waals surface area contributed by atoms with E-state index in [9.17, 15) is 0 Å². The van der Waals surface area contributed by atoms with Gasteiger partial charge in [0.2, 0.25) is 0 Å². The molecule has 1 aromatic rings. The van der Waals surface area contributed by atoms with Crippen LogP contribution in [-0.2, 0) is 0 Å². The fourth-order valence-electron chi connectivity index (χ4n) is 3.52. The molecule has 0 unspecified atom stereocenters. The summed E-state index contributed by atoms with van der Waals surface area (Å²) in [5.41, 5.74) is 1.84. The average Bonchev–Trinajstić information content (AvgIpc) is 2.29. The number of hydrogen-bond donors (Lipinski definition) is 1. The molecule has 3 rings (SSSR count). The van der Waals surface area contributed by atoms with Crippen LogP contribution in [0, 0.1) is 0 Å². The molecule has 3 heteroatoms. The zero-order valence-corrected chi connectivity index (χ0v) is 13.3. The summed E-state index contributed by atoms with van der Waals surface area (Å²) < 4.78 is 0. The molecule has 2 nitrogen and oxygen atoms in total. The molecule has 1 aromatic carbocycles. The number of rotatable bonds is 5. The molecule has 1 N–H and O–H groups in total. The van der Waals surface area contributed by atoms with Crippen LogP contribution in [0.1, 0.15) is 43.6 Å². The van der Waals surface area contributed by atoms with Crippen LogP contribution in [0.5, 0.6) is 0 Å². The van der Waals surface area contributed by atoms with Crippen molar-refractivity contribution >= 4 is 11.6 Å². The van der Waals surface area contributed by atoms with Crippen LogP contribution >= 0.6 is 11.6 Å². The molecule has 20 heavy (non-hydrogen) atoms. The van der Waals surface area contributed by atoms with Gasteiger partial charge in [-0.1, -0.05) is 23.7 Å². The van der Waals surface area contributed by atoms with E-state index in [1.807, 2.05) is 6.07 Å². The molecule has 0 heterocycles. The highest BCUT2D eigenvalue weighted by Gasteiger charge is 2.40. The van der Waals surface area contributed by atoms with Gasteiger partial charge in [-0.25, -0.2) is 0 Å². The highest BCUT2D eigenvalue weighted by molar-refractivity contribution is 6.30. The normalized spacial score (nSPS) is 28.0. The van der Waals surface area contributed by atoms with Crippen LogP contribution < -0.4 is 5.32 Å². The lowest BCUT2D eigenvalue weighted by atomic mass is 9.73. The van der Waals surface area contributed by atoms with Crippen LogP contribution in [-0.4, -0.2) is 37.1 Å². The molecule has 0 amide bonds. The maximum Gasteiger partial charge on any atom is 0.0408 e. The SMILES string of the molecule is CN(C)C1(CNC2CC(c3cccc(Cl)c3)C2)CCC1. The highest BCUT2D eigenvalue weighted by Crippen LogP contribution is 2.39. The minimum absolute atomic E-state index is 0.432. The molecule has 2 saturated carbocycles. The molecule has 0 aliphatic heterocycles. The molecule has 0 saturated heterocycles. The summed E-state index contributed by atoms with van der Waals surface area (Å²) in [5, 5.41) is 4.64. The molecule has 0 radical (unpaired) electrons. The highest BCUT2D eigenvalue weighted by atomic mass is 35.5. The van der Waals surface area contributed by atoms with E-state index in [1.165, 1.54) is 37.7 Å². The lowest BCUT2D eigenvalue weighted by Crippen LogP contribution is -2.58. The van der Waals surface area contributed by atoms with Gasteiger partial charge in [0.1, 0.15) is 0 Å². The Hall–Kier alpha value is -0.570. The van der Waals surface area contributed by atoms with Crippen molar-refractivity contribution < 1.29 is 0 Å². The van der Waals surface area contributed by atoms with Gasteiger partial charge in [-0.2, -0.15) is 0 Å². The third kappa shape index (κ3) is 2.74. The Labute approximate surface area is 127 Å². The number of hydrogen-bond acceptors (Lipinski definition) is 2. The molecule has 0 atom stereocenters. The summed E-state index contributed by atoms with van der Waals surface area (Å²) in [7, 11) is 4.44. The van der Waals surface area contributed by atoms with Crippen molar-refractivity contribution in [2.45, 2.75) is 49.6 Å². The van der Waals surface area contributed by atoms with Crippen molar-refractivity contribution in [1.82, 2.24) is 10.2 Å². The second-order valence-corrected chi connectivity index (χ2v) is 7.21. The first-order valence-corrected chi connectivity index (χ1v) is 8.13. The van der Waals surface area contributed by atoms with Gasteiger partial charge >= 0.3 is 0 Å². The van der Waals surface area contributed by atoms with Crippen LogP contribution in [0.25, 0.3) is 0 Å². The first-order valence-electron chi connectivity index (χ1n) is 7.75. The van der Waals surface area contributed by atoms with Crippen LogP contribution in [0.2, 0.25) is 5.02 Å². The van der Waals surface area contributed by atoms with Gasteiger partial charge in [0.25, 0.3) is 0 Å². The van der Waals surface area contributed by atoms with Crippen molar-refractivity contribution in [1.29, 1.82) is 0 Å². The van der Waals surface area contributed by atoms with E-state index in [-0.39, 0.29) is 0 Å². The van der Waals surface area contributed by atoms with E-state index in [1.54, 1.807) is 0 Å². The van der Waals surface area contributed by atoms with Crippen molar-refractivity contribution in [3.63, 3.8) is 0 Å². The molecule has 0 spiro atoms. The smallest absolute Gasteiger partial charge is 0.0408 e. The second-order valence-electron chi connectivity index (χ2n) is 6.77. The fraction of sp³-hybridized carbons (Fsp3) is 0.647. The maximum absolute atomic E-state index is 6.07. The van der Waals surface area contributed by atoms with E-state index >= 15 is 0 Å². The van der Waals surface area contributed by atoms with Gasteiger partial charge in [-0.05, 0) is 69.8 Å². The number of halogens is 1. The minimum atomic E-state index is 0.432. The number of nitrogens with one attached hydrogen (secondary N) is 1. The minimum Gasteiger partial charge on any atom is -0.312 e. The third-order valence-electron chi connectivity index (χ3n) is 5.41. The standard InChI is InChI=1S/C17H25ClN2/c1-20(2)17(7-4-8-17)12-19-16-10-14(11-16)13-5-3-6-15(18)9-13/h3,5-6,9,14,16,19H,4,7-8,10-12H2,1-2H3. The van der Waals surface area contributed by atoms with Gasteiger partial charge < -0.3 is 10.2 Å². The van der Waals surface area contributed by atoms with Gasteiger partial charge in [-0.15, -0.1) is 0 Å². The van der Waals surface area contributed by atoms with Gasteiger partial charge in [0.05, 0.1) is 0 Å². The molecular formula is C17H25ClN2. The first kappa shape index (κ1) is 14.4. The van der Waals surface area contributed by atoms with Crippen molar-refractivity contribution in [3.8, 4) is 0 Å². The number of likely N-dealkylation sites (N-methyl/N-ethyl adjacent to an activating group) is 1.